The molecule has 4 N–H and O–H groups in total. The van der Waals surface area contributed by atoms with Crippen LogP contribution in [0.5, 0.6) is 0 Å². The number of rotatable bonds is 2. The van der Waals surface area contributed by atoms with Crippen LogP contribution < -0.4 is 11.1 Å². The molecule has 3 aromatic rings. The zero-order valence-electron chi connectivity index (χ0n) is 14.5. The first kappa shape index (κ1) is 17.2. The number of nitrogen functional groups attached to an aromatic ring is 1. The van der Waals surface area contributed by atoms with Gasteiger partial charge in [-0.25, -0.2) is 13.5 Å². The lowest BCUT2D eigenvalue weighted by molar-refractivity contribution is -0.129. The van der Waals surface area contributed by atoms with Gasteiger partial charge in [0.25, 0.3) is 5.91 Å². The minimum absolute atomic E-state index is 0.0630. The summed E-state index contributed by atoms with van der Waals surface area (Å²) in [5.74, 6) is -2.38. The molecular weight excluding hydrogens is 354 g/mol. The first-order valence-electron chi connectivity index (χ1n) is 8.19. The number of hydrogen-bond acceptors (Lipinski definition) is 4. The van der Waals surface area contributed by atoms with Crippen molar-refractivity contribution in [3.05, 3.63) is 70.4 Å². The minimum atomic E-state index is -2.07. The van der Waals surface area contributed by atoms with Gasteiger partial charge in [-0.3, -0.25) is 4.79 Å². The normalized spacial score (nSPS) is 18.5. The molecule has 8 heteroatoms. The largest absolute Gasteiger partial charge is 0.383 e. The molecule has 1 unspecified atom stereocenters. The van der Waals surface area contributed by atoms with Crippen molar-refractivity contribution >= 4 is 17.4 Å². The topological polar surface area (TPSA) is 93.2 Å². The van der Waals surface area contributed by atoms with Crippen molar-refractivity contribution in [2.24, 2.45) is 0 Å². The Morgan fingerprint density at radius 2 is 1.93 bits per heavy atom. The van der Waals surface area contributed by atoms with Crippen LogP contribution >= 0.6 is 0 Å². The summed E-state index contributed by atoms with van der Waals surface area (Å²) >= 11 is 0. The van der Waals surface area contributed by atoms with Gasteiger partial charge in [-0.1, -0.05) is 17.7 Å². The quantitative estimate of drug-likeness (QED) is 0.646. The number of halogens is 2. The van der Waals surface area contributed by atoms with Gasteiger partial charge in [-0.2, -0.15) is 5.10 Å². The maximum Gasteiger partial charge on any atom is 0.266 e. The minimum Gasteiger partial charge on any atom is -0.383 e. The van der Waals surface area contributed by atoms with Crippen LogP contribution in [0.4, 0.5) is 20.3 Å². The van der Waals surface area contributed by atoms with Gasteiger partial charge < -0.3 is 16.2 Å². The molecule has 0 aliphatic carbocycles. The Balaban J connectivity index is 1.95. The number of nitrogens with two attached hydrogens (primary N) is 1. The number of fused-ring (bicyclic) bond motifs is 1. The lowest BCUT2D eigenvalue weighted by Gasteiger charge is -2.22. The fourth-order valence-electron chi connectivity index (χ4n) is 3.48. The average molecular weight is 370 g/mol. The van der Waals surface area contributed by atoms with E-state index in [0.29, 0.717) is 17.3 Å². The fraction of sp³-hybridized carbons (Fsp3) is 0.158. The predicted octanol–water partition coefficient (Wildman–Crippen LogP) is 2.54. The van der Waals surface area contributed by atoms with Crippen LogP contribution in [0.3, 0.4) is 0 Å². The van der Waals surface area contributed by atoms with Gasteiger partial charge in [0.05, 0.1) is 11.3 Å². The zero-order valence-corrected chi connectivity index (χ0v) is 14.5. The van der Waals surface area contributed by atoms with Crippen molar-refractivity contribution in [3.63, 3.8) is 0 Å². The van der Waals surface area contributed by atoms with Gasteiger partial charge in [0.15, 0.2) is 5.82 Å². The smallest absolute Gasteiger partial charge is 0.266 e. The monoisotopic (exact) mass is 370 g/mol. The number of carbonyl (C=O) groups excluding carboxylic acids is 1. The fourth-order valence-corrected chi connectivity index (χ4v) is 3.48. The van der Waals surface area contributed by atoms with E-state index in [4.69, 9.17) is 5.73 Å². The van der Waals surface area contributed by atoms with Gasteiger partial charge in [0.1, 0.15) is 17.3 Å². The summed E-state index contributed by atoms with van der Waals surface area (Å²) in [4.78, 5) is 12.6. The number of hydrogen-bond donors (Lipinski definition) is 3. The third-order valence-corrected chi connectivity index (χ3v) is 4.74. The van der Waals surface area contributed by atoms with Crippen molar-refractivity contribution < 1.29 is 18.7 Å². The maximum atomic E-state index is 14.2. The molecular formula is C19H16F2N4O2. The predicted molar refractivity (Wildman–Crippen MR) is 95.4 cm³/mol. The Bertz CT molecular complexity index is 1110. The highest BCUT2D eigenvalue weighted by Gasteiger charge is 2.50. The molecule has 0 saturated heterocycles. The molecule has 2 heterocycles. The van der Waals surface area contributed by atoms with Crippen LogP contribution in [-0.2, 0) is 10.4 Å². The molecule has 0 radical (unpaired) electrons. The highest BCUT2D eigenvalue weighted by Crippen LogP contribution is 2.44. The number of nitrogens with one attached hydrogen (secondary N) is 1. The molecule has 0 spiro atoms. The van der Waals surface area contributed by atoms with E-state index in [1.807, 2.05) is 6.92 Å². The van der Waals surface area contributed by atoms with E-state index in [-0.39, 0.29) is 22.8 Å². The van der Waals surface area contributed by atoms with Gasteiger partial charge in [0.2, 0.25) is 5.60 Å². The van der Waals surface area contributed by atoms with E-state index in [1.165, 1.54) is 6.07 Å². The Hall–Kier alpha value is -3.26. The standard InChI is InChI=1S/C19H16F2N4O2/c1-9-3-5-14-12(7-9)19(27,18(26)23-14)16-10(2)24-25(17(16)22)15-6-4-11(20)8-13(15)21/h3-8,27H,22H2,1-2H3,(H,23,26). The molecule has 1 aliphatic rings. The SMILES string of the molecule is Cc1ccc2c(c1)C(O)(c1c(C)nn(-c3ccc(F)cc3F)c1N)C(=O)N2. The van der Waals surface area contributed by atoms with Gasteiger partial charge in [-0.05, 0) is 32.0 Å². The Morgan fingerprint density at radius 3 is 2.63 bits per heavy atom. The van der Waals surface area contributed by atoms with Crippen molar-refractivity contribution in [3.8, 4) is 5.69 Å². The molecule has 1 aliphatic heterocycles. The van der Waals surface area contributed by atoms with Gasteiger partial charge in [-0.15, -0.1) is 0 Å². The summed E-state index contributed by atoms with van der Waals surface area (Å²) in [5, 5.41) is 18.2. The molecule has 0 bridgehead atoms. The van der Waals surface area contributed by atoms with Crippen LogP contribution in [-0.4, -0.2) is 20.8 Å². The third-order valence-electron chi connectivity index (χ3n) is 4.74. The Labute approximate surface area is 153 Å². The maximum absolute atomic E-state index is 14.2. The van der Waals surface area contributed by atoms with Gasteiger partial charge >= 0.3 is 0 Å². The summed E-state index contributed by atoms with van der Waals surface area (Å²) in [6.45, 7) is 3.39. The van der Waals surface area contributed by atoms with Crippen molar-refractivity contribution in [1.82, 2.24) is 9.78 Å². The molecule has 1 atom stereocenters. The van der Waals surface area contributed by atoms with Crippen LogP contribution in [0.1, 0.15) is 22.4 Å². The summed E-state index contributed by atoms with van der Waals surface area (Å²) in [5.41, 5.74) is 5.99. The van der Waals surface area contributed by atoms with Crippen LogP contribution in [0.2, 0.25) is 0 Å². The second-order valence-corrected chi connectivity index (χ2v) is 6.57. The number of aliphatic hydroxyl groups is 1. The molecule has 0 fully saturated rings. The average Bonchev–Trinajstić information content (AvgIpc) is 3.02. The van der Waals surface area contributed by atoms with Crippen LogP contribution in [0, 0.1) is 25.5 Å². The van der Waals surface area contributed by atoms with Crippen molar-refractivity contribution in [2.45, 2.75) is 19.4 Å². The summed E-state index contributed by atoms with van der Waals surface area (Å²) in [6, 6.07) is 8.15. The molecule has 6 nitrogen and oxygen atoms in total. The first-order chi connectivity index (χ1) is 12.7. The summed E-state index contributed by atoms with van der Waals surface area (Å²) in [7, 11) is 0. The lowest BCUT2D eigenvalue weighted by Crippen LogP contribution is -2.36. The van der Waals surface area contributed by atoms with E-state index in [0.717, 1.165) is 16.3 Å². The summed E-state index contributed by atoms with van der Waals surface area (Å²) in [6.07, 6.45) is 0. The van der Waals surface area contributed by atoms with Crippen molar-refractivity contribution in [2.75, 3.05) is 11.1 Å². The molecule has 4 rings (SSSR count). The molecule has 27 heavy (non-hydrogen) atoms. The zero-order chi connectivity index (χ0) is 19.5. The molecule has 1 amide bonds. The molecule has 1 aromatic heterocycles. The van der Waals surface area contributed by atoms with Crippen LogP contribution in [0.25, 0.3) is 5.69 Å². The van der Waals surface area contributed by atoms with E-state index in [2.05, 4.69) is 10.4 Å². The van der Waals surface area contributed by atoms with E-state index in [1.54, 1.807) is 25.1 Å². The molecule has 2 aromatic carbocycles. The second kappa shape index (κ2) is 5.62. The molecule has 0 saturated carbocycles. The number of benzene rings is 2. The van der Waals surface area contributed by atoms with E-state index < -0.39 is 23.1 Å². The van der Waals surface area contributed by atoms with Gasteiger partial charge in [0, 0.05) is 17.3 Å². The number of amides is 1. The number of aryl methyl sites for hydroxylation is 2. The molecule has 138 valence electrons. The Kier molecular flexibility index (Phi) is 3.57. The highest BCUT2D eigenvalue weighted by atomic mass is 19.1. The summed E-state index contributed by atoms with van der Waals surface area (Å²) < 4.78 is 28.5. The number of nitrogens with zero attached hydrogens (tertiary/aromatic N) is 2. The van der Waals surface area contributed by atoms with Crippen LogP contribution in [0.15, 0.2) is 36.4 Å². The van der Waals surface area contributed by atoms with E-state index >= 15 is 0 Å². The Morgan fingerprint density at radius 1 is 1.19 bits per heavy atom. The number of anilines is 2. The number of aromatic nitrogens is 2. The highest BCUT2D eigenvalue weighted by molar-refractivity contribution is 6.08. The van der Waals surface area contributed by atoms with E-state index in [9.17, 15) is 18.7 Å². The van der Waals surface area contributed by atoms with Crippen molar-refractivity contribution in [1.29, 1.82) is 0 Å². The second-order valence-electron chi connectivity index (χ2n) is 6.57. The third kappa shape index (κ3) is 2.33. The first-order valence-corrected chi connectivity index (χ1v) is 8.19. The number of carbonyl (C=O) groups is 1. The lowest BCUT2D eigenvalue weighted by atomic mass is 9.86.